The second-order valence-corrected chi connectivity index (χ2v) is 12.1. The van der Waals surface area contributed by atoms with Crippen molar-refractivity contribution in [2.75, 3.05) is 6.61 Å². The molecule has 5 rings (SSSR count). The highest BCUT2D eigenvalue weighted by atomic mass is 16.6. The molecule has 38 heavy (non-hydrogen) atoms. The van der Waals surface area contributed by atoms with Crippen molar-refractivity contribution in [2.24, 2.45) is 33.7 Å². The van der Waals surface area contributed by atoms with Gasteiger partial charge in [0.1, 0.15) is 5.60 Å². The fourth-order valence-electron chi connectivity index (χ4n) is 8.09. The van der Waals surface area contributed by atoms with Crippen molar-refractivity contribution in [3.05, 3.63) is 47.0 Å². The second kappa shape index (κ2) is 9.89. The van der Waals surface area contributed by atoms with Gasteiger partial charge in [0.15, 0.2) is 6.61 Å². The molecule has 3 saturated carbocycles. The van der Waals surface area contributed by atoms with Crippen LogP contribution in [0, 0.1) is 40.9 Å². The van der Waals surface area contributed by atoms with Crippen LogP contribution in [0.25, 0.3) is 0 Å². The first kappa shape index (κ1) is 26.5. The van der Waals surface area contributed by atoms with Gasteiger partial charge in [-0.25, -0.2) is 4.79 Å². The normalized spacial score (nSPS) is 36.7. The number of aromatic carboxylic acids is 1. The van der Waals surface area contributed by atoms with Crippen molar-refractivity contribution >= 4 is 17.6 Å². The second-order valence-electron chi connectivity index (χ2n) is 12.1. The van der Waals surface area contributed by atoms with Crippen molar-refractivity contribution in [1.82, 2.24) is 5.32 Å². The zero-order chi connectivity index (χ0) is 27.1. The predicted octanol–water partition coefficient (Wildman–Crippen LogP) is 4.70. The highest BCUT2D eigenvalue weighted by Gasteiger charge is 2.63. The minimum Gasteiger partial charge on any atom is -0.478 e. The van der Waals surface area contributed by atoms with Crippen LogP contribution < -0.4 is 5.32 Å². The molecule has 0 unspecified atom stereocenters. The van der Waals surface area contributed by atoms with Gasteiger partial charge in [-0.2, -0.15) is 0 Å². The summed E-state index contributed by atoms with van der Waals surface area (Å²) in [6.07, 6.45) is 15.8. The molecule has 6 atom stereocenters. The summed E-state index contributed by atoms with van der Waals surface area (Å²) in [6, 6.07) is 6.39. The molecule has 0 aromatic heterocycles. The van der Waals surface area contributed by atoms with E-state index in [1.54, 1.807) is 12.1 Å². The van der Waals surface area contributed by atoms with E-state index in [0.717, 1.165) is 56.2 Å². The third-order valence-electron chi connectivity index (χ3n) is 10.4. The standard InChI is InChI=1S/C31H38N2O5/c1-4-31(37)16-13-26-24-10-9-22-17-23(11-14-29(22,2)25(24)12-15-30(26,31)3)33-38-19-27(34)32-18-20-5-7-21(8-6-20)28(35)36/h1,5-8,17,24-26,37H,9-16,18-19H2,2-3H3,(H,32,34)(H,35,36)/t24-,25-,26-,29-,30+,31+/m0/s1. The van der Waals surface area contributed by atoms with Gasteiger partial charge in [0.05, 0.1) is 11.3 Å². The molecule has 3 fully saturated rings. The van der Waals surface area contributed by atoms with Gasteiger partial charge in [-0.1, -0.05) is 42.6 Å². The van der Waals surface area contributed by atoms with Crippen LogP contribution in [0.3, 0.4) is 0 Å². The molecule has 3 N–H and O–H groups in total. The highest BCUT2D eigenvalue weighted by Crippen LogP contribution is 2.67. The molecular weight excluding hydrogens is 480 g/mol. The minimum atomic E-state index is -0.979. The molecule has 0 aliphatic heterocycles. The summed E-state index contributed by atoms with van der Waals surface area (Å²) in [4.78, 5) is 28.6. The van der Waals surface area contributed by atoms with Crippen LogP contribution in [0.4, 0.5) is 0 Å². The molecule has 1 aromatic rings. The smallest absolute Gasteiger partial charge is 0.335 e. The highest BCUT2D eigenvalue weighted by molar-refractivity contribution is 5.96. The number of allylic oxidation sites excluding steroid dienone is 2. The lowest BCUT2D eigenvalue weighted by Crippen LogP contribution is -2.54. The molecule has 202 valence electrons. The largest absolute Gasteiger partial charge is 0.478 e. The molecule has 0 bridgehead atoms. The lowest BCUT2D eigenvalue weighted by Gasteiger charge is -2.58. The molecule has 1 amide bonds. The predicted molar refractivity (Wildman–Crippen MR) is 144 cm³/mol. The maximum atomic E-state index is 12.2. The number of amides is 1. The maximum absolute atomic E-state index is 12.2. The van der Waals surface area contributed by atoms with Gasteiger partial charge >= 0.3 is 5.97 Å². The Labute approximate surface area is 224 Å². The van der Waals surface area contributed by atoms with Gasteiger partial charge in [-0.15, -0.1) is 6.42 Å². The number of benzene rings is 1. The lowest BCUT2D eigenvalue weighted by molar-refractivity contribution is -0.125. The summed E-state index contributed by atoms with van der Waals surface area (Å²) in [6.45, 7) is 4.76. The van der Waals surface area contributed by atoms with Crippen LogP contribution in [-0.2, 0) is 16.2 Å². The zero-order valence-corrected chi connectivity index (χ0v) is 22.3. The molecule has 7 heteroatoms. The number of terminal acetylenes is 1. The Balaban J connectivity index is 1.17. The third-order valence-corrected chi connectivity index (χ3v) is 10.4. The van der Waals surface area contributed by atoms with Crippen molar-refractivity contribution in [3.63, 3.8) is 0 Å². The molecule has 0 radical (unpaired) electrons. The first-order chi connectivity index (χ1) is 18.1. The van der Waals surface area contributed by atoms with E-state index < -0.39 is 11.6 Å². The summed E-state index contributed by atoms with van der Waals surface area (Å²) in [7, 11) is 0. The van der Waals surface area contributed by atoms with E-state index in [4.69, 9.17) is 16.4 Å². The summed E-state index contributed by atoms with van der Waals surface area (Å²) in [5.74, 6) is 3.18. The monoisotopic (exact) mass is 518 g/mol. The summed E-state index contributed by atoms with van der Waals surface area (Å²) in [5, 5.41) is 27.2. The fraction of sp³-hybridized carbons (Fsp3) is 0.581. The number of oxime groups is 1. The Morgan fingerprint density at radius 3 is 2.55 bits per heavy atom. The molecule has 4 aliphatic carbocycles. The van der Waals surface area contributed by atoms with E-state index in [9.17, 15) is 14.7 Å². The van der Waals surface area contributed by atoms with Crippen molar-refractivity contribution in [1.29, 1.82) is 0 Å². The summed E-state index contributed by atoms with van der Waals surface area (Å²) < 4.78 is 0. The molecule has 7 nitrogen and oxygen atoms in total. The topological polar surface area (TPSA) is 108 Å². The Morgan fingerprint density at radius 2 is 1.84 bits per heavy atom. The molecule has 4 aliphatic rings. The number of nitrogens with one attached hydrogen (secondary N) is 1. The van der Waals surface area contributed by atoms with Gasteiger partial charge in [0.2, 0.25) is 0 Å². The number of nitrogens with zero attached hydrogens (tertiary/aromatic N) is 1. The molecule has 0 heterocycles. The number of hydrogen-bond donors (Lipinski definition) is 3. The van der Waals surface area contributed by atoms with E-state index in [-0.39, 0.29) is 28.9 Å². The Hall–Kier alpha value is -3.11. The van der Waals surface area contributed by atoms with Crippen LogP contribution in [0.1, 0.15) is 81.1 Å². The number of carboxylic acid groups (broad SMARTS) is 1. The maximum Gasteiger partial charge on any atom is 0.335 e. The van der Waals surface area contributed by atoms with Crippen LogP contribution in [-0.4, -0.2) is 40.0 Å². The van der Waals surface area contributed by atoms with Crippen LogP contribution in [0.2, 0.25) is 0 Å². The summed E-state index contributed by atoms with van der Waals surface area (Å²) in [5.41, 5.74) is 2.33. The molecule has 0 saturated heterocycles. The van der Waals surface area contributed by atoms with Gasteiger partial charge in [-0.05, 0) is 98.3 Å². The number of carboxylic acids is 1. The van der Waals surface area contributed by atoms with Crippen molar-refractivity contribution in [3.8, 4) is 12.3 Å². The third kappa shape index (κ3) is 4.43. The number of hydrogen-bond acceptors (Lipinski definition) is 5. The van der Waals surface area contributed by atoms with Crippen molar-refractivity contribution < 1.29 is 24.6 Å². The molecule has 1 aromatic carbocycles. The average Bonchev–Trinajstić information content (AvgIpc) is 3.18. The van der Waals surface area contributed by atoms with E-state index in [2.05, 4.69) is 36.3 Å². The number of aliphatic hydroxyl groups is 1. The number of carbonyl (C=O) groups excluding carboxylic acids is 1. The van der Waals surface area contributed by atoms with E-state index in [1.807, 2.05) is 0 Å². The summed E-state index contributed by atoms with van der Waals surface area (Å²) >= 11 is 0. The number of carbonyl (C=O) groups is 2. The van der Waals surface area contributed by atoms with Crippen LogP contribution in [0.15, 0.2) is 41.1 Å². The van der Waals surface area contributed by atoms with Crippen molar-refractivity contribution in [2.45, 2.75) is 77.4 Å². The number of rotatable bonds is 6. The molecular formula is C31H38N2O5. The van der Waals surface area contributed by atoms with Gasteiger partial charge < -0.3 is 20.4 Å². The van der Waals surface area contributed by atoms with Gasteiger partial charge in [-0.3, -0.25) is 4.79 Å². The minimum absolute atomic E-state index is 0.133. The van der Waals surface area contributed by atoms with Gasteiger partial charge in [0.25, 0.3) is 5.91 Å². The SMILES string of the molecule is C#C[C@@]1(O)CC[C@H]2[C@H]3CCC4=CC(=NOCC(=O)NCc5ccc(C(=O)O)cc5)CC[C@]4(C)[C@H]3CC[C@]21C. The quantitative estimate of drug-likeness (QED) is 0.374. The first-order valence-corrected chi connectivity index (χ1v) is 13.8. The average molecular weight is 519 g/mol. The number of fused-ring (bicyclic) bond motifs is 5. The van der Waals surface area contributed by atoms with Gasteiger partial charge in [0, 0.05) is 12.0 Å². The zero-order valence-electron chi connectivity index (χ0n) is 22.3. The van der Waals surface area contributed by atoms with E-state index in [1.165, 1.54) is 17.7 Å². The van der Waals surface area contributed by atoms with Crippen LogP contribution >= 0.6 is 0 Å². The van der Waals surface area contributed by atoms with Crippen LogP contribution in [0.5, 0.6) is 0 Å². The lowest BCUT2D eigenvalue weighted by atomic mass is 9.46. The van der Waals surface area contributed by atoms with E-state index >= 15 is 0 Å². The van der Waals surface area contributed by atoms with E-state index in [0.29, 0.717) is 30.7 Å². The molecule has 0 spiro atoms. The Kier molecular flexibility index (Phi) is 6.89. The first-order valence-electron chi connectivity index (χ1n) is 13.8. The fourth-order valence-corrected chi connectivity index (χ4v) is 8.09. The Morgan fingerprint density at radius 1 is 1.11 bits per heavy atom. The Bertz CT molecular complexity index is 1210.